The first-order chi connectivity index (χ1) is 11.8. The third-order valence-electron chi connectivity index (χ3n) is 3.98. The van der Waals surface area contributed by atoms with Crippen molar-refractivity contribution in [2.75, 3.05) is 6.26 Å². The molecule has 0 aliphatic rings. The van der Waals surface area contributed by atoms with Crippen LogP contribution in [0.3, 0.4) is 0 Å². The minimum atomic E-state index is -3.32. The van der Waals surface area contributed by atoms with Crippen LogP contribution in [-0.2, 0) is 9.84 Å². The molecule has 0 bridgehead atoms. The highest BCUT2D eigenvalue weighted by Crippen LogP contribution is 2.34. The van der Waals surface area contributed by atoms with Gasteiger partial charge in [0.05, 0.1) is 4.90 Å². The molecule has 3 rings (SSSR count). The molecule has 0 aliphatic heterocycles. The van der Waals surface area contributed by atoms with Gasteiger partial charge in [-0.15, -0.1) is 0 Å². The molecule has 5 heteroatoms. The molecule has 0 unspecified atom stereocenters. The van der Waals surface area contributed by atoms with Gasteiger partial charge < -0.3 is 0 Å². The summed E-state index contributed by atoms with van der Waals surface area (Å²) in [6.07, 6.45) is 1.12. The van der Waals surface area contributed by atoms with Gasteiger partial charge in [-0.05, 0) is 53.4 Å². The average Bonchev–Trinajstić information content (AvgIpc) is 2.56. The lowest BCUT2D eigenvalue weighted by Crippen LogP contribution is -1.97. The second kappa shape index (κ2) is 6.41. The molecule has 0 radical (unpaired) electrons. The van der Waals surface area contributed by atoms with Crippen LogP contribution in [0.5, 0.6) is 0 Å². The predicted molar refractivity (Wildman–Crippen MR) is 95.1 cm³/mol. The van der Waals surface area contributed by atoms with E-state index < -0.39 is 21.5 Å². The number of aryl methyl sites for hydroxylation is 1. The Morgan fingerprint density at radius 3 is 1.84 bits per heavy atom. The lowest BCUT2D eigenvalue weighted by molar-refractivity contribution is 0.509. The Morgan fingerprint density at radius 1 is 0.760 bits per heavy atom. The predicted octanol–water partition coefficient (Wildman–Crippen LogP) is 5.01. The van der Waals surface area contributed by atoms with Crippen LogP contribution >= 0.6 is 0 Å². The number of halogens is 2. The normalized spacial score (nSPS) is 11.5. The summed E-state index contributed by atoms with van der Waals surface area (Å²) in [6.45, 7) is 1.92. The third-order valence-corrected chi connectivity index (χ3v) is 5.11. The minimum Gasteiger partial charge on any atom is -0.224 e. The van der Waals surface area contributed by atoms with Gasteiger partial charge in [-0.3, -0.25) is 0 Å². The molecule has 0 saturated heterocycles. The summed E-state index contributed by atoms with van der Waals surface area (Å²) >= 11 is 0. The average molecular weight is 358 g/mol. The van der Waals surface area contributed by atoms with Gasteiger partial charge in [0.1, 0.15) is 0 Å². The third kappa shape index (κ3) is 3.61. The van der Waals surface area contributed by atoms with Gasteiger partial charge in [-0.1, -0.05) is 42.0 Å². The Hall–Kier alpha value is -2.53. The summed E-state index contributed by atoms with van der Waals surface area (Å²) in [6, 6.07) is 15.9. The summed E-state index contributed by atoms with van der Waals surface area (Å²) in [7, 11) is -3.32. The fourth-order valence-corrected chi connectivity index (χ4v) is 3.35. The Labute approximate surface area is 145 Å². The van der Waals surface area contributed by atoms with Crippen LogP contribution in [0.4, 0.5) is 8.78 Å². The van der Waals surface area contributed by atoms with Crippen LogP contribution in [0.1, 0.15) is 5.56 Å². The van der Waals surface area contributed by atoms with E-state index in [4.69, 9.17) is 0 Å². The van der Waals surface area contributed by atoms with Crippen molar-refractivity contribution >= 4 is 9.84 Å². The maximum absolute atomic E-state index is 13.8. The molecule has 3 aromatic rings. The zero-order chi connectivity index (χ0) is 18.2. The van der Waals surface area contributed by atoms with E-state index in [0.717, 1.165) is 23.4 Å². The molecule has 0 atom stereocenters. The molecular formula is C20H16F2O2S. The van der Waals surface area contributed by atoms with Crippen molar-refractivity contribution in [3.8, 4) is 22.3 Å². The Morgan fingerprint density at radius 2 is 1.32 bits per heavy atom. The van der Waals surface area contributed by atoms with Crippen LogP contribution in [0, 0.1) is 18.6 Å². The summed E-state index contributed by atoms with van der Waals surface area (Å²) in [4.78, 5) is 0.177. The summed E-state index contributed by atoms with van der Waals surface area (Å²) < 4.78 is 50.9. The van der Waals surface area contributed by atoms with Crippen LogP contribution < -0.4 is 0 Å². The van der Waals surface area contributed by atoms with E-state index in [1.165, 1.54) is 18.2 Å². The highest BCUT2D eigenvalue weighted by molar-refractivity contribution is 7.90. The SMILES string of the molecule is Cc1cccc(-c2cc(F)c(F)cc2-c2ccc(S(C)(=O)=O)cc2)c1. The molecule has 25 heavy (non-hydrogen) atoms. The van der Waals surface area contributed by atoms with Crippen molar-refractivity contribution in [2.45, 2.75) is 11.8 Å². The molecular weight excluding hydrogens is 342 g/mol. The number of sulfone groups is 1. The molecule has 0 aromatic heterocycles. The van der Waals surface area contributed by atoms with Gasteiger partial charge in [0, 0.05) is 6.26 Å². The van der Waals surface area contributed by atoms with Crippen molar-refractivity contribution in [1.82, 2.24) is 0 Å². The number of hydrogen-bond acceptors (Lipinski definition) is 2. The van der Waals surface area contributed by atoms with E-state index in [1.807, 2.05) is 31.2 Å². The Kier molecular flexibility index (Phi) is 4.43. The van der Waals surface area contributed by atoms with Crippen LogP contribution in [0.15, 0.2) is 65.6 Å². The van der Waals surface area contributed by atoms with E-state index in [1.54, 1.807) is 12.1 Å². The van der Waals surface area contributed by atoms with E-state index in [2.05, 4.69) is 0 Å². The first kappa shape index (κ1) is 17.3. The molecule has 0 aliphatic carbocycles. The smallest absolute Gasteiger partial charge is 0.175 e. The lowest BCUT2D eigenvalue weighted by Gasteiger charge is -2.12. The maximum atomic E-state index is 13.8. The molecule has 2 nitrogen and oxygen atoms in total. The van der Waals surface area contributed by atoms with Gasteiger partial charge in [-0.2, -0.15) is 0 Å². The van der Waals surface area contributed by atoms with Gasteiger partial charge >= 0.3 is 0 Å². The Bertz CT molecular complexity index is 1040. The number of benzene rings is 3. The first-order valence-corrected chi connectivity index (χ1v) is 9.51. The second-order valence-corrected chi connectivity index (χ2v) is 7.99. The zero-order valence-corrected chi connectivity index (χ0v) is 14.6. The zero-order valence-electron chi connectivity index (χ0n) is 13.8. The largest absolute Gasteiger partial charge is 0.224 e. The van der Waals surface area contributed by atoms with Crippen molar-refractivity contribution in [2.24, 2.45) is 0 Å². The summed E-state index contributed by atoms with van der Waals surface area (Å²) in [5.41, 5.74) is 3.43. The second-order valence-electron chi connectivity index (χ2n) is 5.98. The molecule has 3 aromatic carbocycles. The maximum Gasteiger partial charge on any atom is 0.175 e. The van der Waals surface area contributed by atoms with Crippen molar-refractivity contribution in [3.05, 3.63) is 77.9 Å². The molecule has 0 saturated carbocycles. The fourth-order valence-electron chi connectivity index (χ4n) is 2.72. The summed E-state index contributed by atoms with van der Waals surface area (Å²) in [5.74, 6) is -1.87. The van der Waals surface area contributed by atoms with Gasteiger partial charge in [0.25, 0.3) is 0 Å². The number of rotatable bonds is 3. The highest BCUT2D eigenvalue weighted by Gasteiger charge is 2.14. The monoisotopic (exact) mass is 358 g/mol. The fraction of sp³-hybridized carbons (Fsp3) is 0.100. The molecule has 0 amide bonds. The highest BCUT2D eigenvalue weighted by atomic mass is 32.2. The molecule has 0 N–H and O–H groups in total. The quantitative estimate of drug-likeness (QED) is 0.659. The molecule has 0 heterocycles. The van der Waals surface area contributed by atoms with Gasteiger partial charge in [-0.25, -0.2) is 17.2 Å². The van der Waals surface area contributed by atoms with Crippen LogP contribution in [-0.4, -0.2) is 14.7 Å². The summed E-state index contributed by atoms with van der Waals surface area (Å²) in [5, 5.41) is 0. The van der Waals surface area contributed by atoms with Gasteiger partial charge in [0.2, 0.25) is 0 Å². The van der Waals surface area contributed by atoms with E-state index in [9.17, 15) is 17.2 Å². The molecule has 0 fully saturated rings. The minimum absolute atomic E-state index is 0.177. The van der Waals surface area contributed by atoms with Crippen molar-refractivity contribution in [3.63, 3.8) is 0 Å². The van der Waals surface area contributed by atoms with E-state index >= 15 is 0 Å². The Balaban J connectivity index is 2.20. The lowest BCUT2D eigenvalue weighted by atomic mass is 9.93. The van der Waals surface area contributed by atoms with Crippen LogP contribution in [0.2, 0.25) is 0 Å². The van der Waals surface area contributed by atoms with Gasteiger partial charge in [0.15, 0.2) is 21.5 Å². The van der Waals surface area contributed by atoms with Crippen LogP contribution in [0.25, 0.3) is 22.3 Å². The topological polar surface area (TPSA) is 34.1 Å². The van der Waals surface area contributed by atoms with E-state index in [0.29, 0.717) is 16.7 Å². The van der Waals surface area contributed by atoms with Crippen molar-refractivity contribution in [1.29, 1.82) is 0 Å². The number of hydrogen-bond donors (Lipinski definition) is 0. The van der Waals surface area contributed by atoms with Crippen molar-refractivity contribution < 1.29 is 17.2 Å². The van der Waals surface area contributed by atoms with E-state index in [-0.39, 0.29) is 4.90 Å². The molecule has 128 valence electrons. The standard InChI is InChI=1S/C20H16F2O2S/c1-13-4-3-5-15(10-13)18-12-20(22)19(21)11-17(18)14-6-8-16(9-7-14)25(2,23)24/h3-12H,1-2H3. The molecule has 0 spiro atoms. The first-order valence-electron chi connectivity index (χ1n) is 7.62.